The summed E-state index contributed by atoms with van der Waals surface area (Å²) >= 11 is 1.71. The normalized spacial score (nSPS) is 19.3. The first-order valence-electron chi connectivity index (χ1n) is 5.69. The quantitative estimate of drug-likeness (QED) is 0.856. The van der Waals surface area contributed by atoms with Gasteiger partial charge >= 0.3 is 0 Å². The van der Waals surface area contributed by atoms with E-state index in [0.29, 0.717) is 6.04 Å². The third-order valence-electron chi connectivity index (χ3n) is 2.98. The molecule has 1 fully saturated rings. The molecule has 0 saturated carbocycles. The van der Waals surface area contributed by atoms with Crippen molar-refractivity contribution in [3.8, 4) is 0 Å². The lowest BCUT2D eigenvalue weighted by atomic mass is 10.1. The van der Waals surface area contributed by atoms with Crippen LogP contribution in [-0.4, -0.2) is 35.6 Å². The summed E-state index contributed by atoms with van der Waals surface area (Å²) in [7, 11) is 0. The fourth-order valence-electron chi connectivity index (χ4n) is 1.99. The third-order valence-corrected chi connectivity index (χ3v) is 3.87. The van der Waals surface area contributed by atoms with E-state index in [1.807, 2.05) is 6.92 Å². The van der Waals surface area contributed by atoms with Gasteiger partial charge in [-0.2, -0.15) is 0 Å². The molecular formula is C11H19N3S. The van der Waals surface area contributed by atoms with Crippen molar-refractivity contribution in [1.82, 2.24) is 9.88 Å². The van der Waals surface area contributed by atoms with Crippen molar-refractivity contribution in [3.05, 3.63) is 11.1 Å². The lowest BCUT2D eigenvalue weighted by Gasteiger charge is -2.31. The van der Waals surface area contributed by atoms with Gasteiger partial charge < -0.3 is 10.2 Å². The number of hydrogen-bond donors (Lipinski definition) is 1. The Morgan fingerprint density at radius 2 is 2.27 bits per heavy atom. The molecule has 0 atom stereocenters. The predicted molar refractivity (Wildman–Crippen MR) is 65.6 cm³/mol. The first kappa shape index (κ1) is 10.9. The highest BCUT2D eigenvalue weighted by Crippen LogP contribution is 2.19. The second-order valence-electron chi connectivity index (χ2n) is 4.15. The van der Waals surface area contributed by atoms with Crippen LogP contribution in [0.5, 0.6) is 0 Å². The molecule has 2 heterocycles. The van der Waals surface area contributed by atoms with Crippen LogP contribution < -0.4 is 5.32 Å². The fraction of sp³-hybridized carbons (Fsp3) is 0.727. The van der Waals surface area contributed by atoms with Gasteiger partial charge in [-0.05, 0) is 26.3 Å². The van der Waals surface area contributed by atoms with Crippen LogP contribution >= 0.6 is 11.3 Å². The smallest absolute Gasteiger partial charge is 0.183 e. The number of likely N-dealkylation sites (tertiary alicyclic amines) is 1. The lowest BCUT2D eigenvalue weighted by Crippen LogP contribution is -2.38. The van der Waals surface area contributed by atoms with Crippen LogP contribution in [-0.2, 0) is 0 Å². The number of nitrogens with zero attached hydrogens (tertiary/aromatic N) is 2. The molecule has 1 saturated heterocycles. The Morgan fingerprint density at radius 1 is 1.53 bits per heavy atom. The summed E-state index contributed by atoms with van der Waals surface area (Å²) in [5, 5.41) is 6.71. The largest absolute Gasteiger partial charge is 0.359 e. The molecule has 3 nitrogen and oxygen atoms in total. The SMILES string of the molecule is CCN1CCC(Nc2nc(C)cs2)CC1. The summed E-state index contributed by atoms with van der Waals surface area (Å²) in [6.07, 6.45) is 2.49. The van der Waals surface area contributed by atoms with E-state index in [1.54, 1.807) is 11.3 Å². The summed E-state index contributed by atoms with van der Waals surface area (Å²) in [5.74, 6) is 0. The highest BCUT2D eigenvalue weighted by atomic mass is 32.1. The van der Waals surface area contributed by atoms with Gasteiger partial charge in [-0.15, -0.1) is 11.3 Å². The average molecular weight is 225 g/mol. The number of hydrogen-bond acceptors (Lipinski definition) is 4. The first-order valence-corrected chi connectivity index (χ1v) is 6.57. The number of aryl methyl sites for hydroxylation is 1. The maximum absolute atomic E-state index is 4.44. The molecule has 0 unspecified atom stereocenters. The van der Waals surface area contributed by atoms with Crippen LogP contribution in [0.1, 0.15) is 25.5 Å². The molecule has 15 heavy (non-hydrogen) atoms. The van der Waals surface area contributed by atoms with E-state index in [2.05, 4.69) is 27.5 Å². The van der Waals surface area contributed by atoms with Gasteiger partial charge in [0, 0.05) is 24.5 Å². The van der Waals surface area contributed by atoms with E-state index >= 15 is 0 Å². The number of piperidine rings is 1. The maximum Gasteiger partial charge on any atom is 0.183 e. The van der Waals surface area contributed by atoms with Gasteiger partial charge in [0.1, 0.15) is 0 Å². The van der Waals surface area contributed by atoms with Crippen molar-refractivity contribution in [2.75, 3.05) is 25.0 Å². The third kappa shape index (κ3) is 2.92. The number of rotatable bonds is 3. The molecule has 0 bridgehead atoms. The number of nitrogens with one attached hydrogen (secondary N) is 1. The Bertz CT molecular complexity index is 303. The molecular weight excluding hydrogens is 206 g/mol. The van der Waals surface area contributed by atoms with Crippen LogP contribution in [0.25, 0.3) is 0 Å². The maximum atomic E-state index is 4.44. The van der Waals surface area contributed by atoms with Gasteiger partial charge in [-0.25, -0.2) is 4.98 Å². The Hall–Kier alpha value is -0.610. The molecule has 4 heteroatoms. The van der Waals surface area contributed by atoms with Crippen molar-refractivity contribution >= 4 is 16.5 Å². The molecule has 1 aromatic rings. The minimum absolute atomic E-state index is 0.623. The Balaban J connectivity index is 1.82. The topological polar surface area (TPSA) is 28.2 Å². The van der Waals surface area contributed by atoms with Crippen molar-refractivity contribution < 1.29 is 0 Å². The molecule has 0 aliphatic carbocycles. The van der Waals surface area contributed by atoms with E-state index in [9.17, 15) is 0 Å². The standard InChI is InChI=1S/C11H19N3S/c1-3-14-6-4-10(5-7-14)13-11-12-9(2)8-15-11/h8,10H,3-7H2,1-2H3,(H,12,13). The molecule has 0 aromatic carbocycles. The fourth-order valence-corrected chi connectivity index (χ4v) is 2.75. The van der Waals surface area contributed by atoms with Gasteiger partial charge in [0.2, 0.25) is 0 Å². The average Bonchev–Trinajstić information content (AvgIpc) is 2.65. The van der Waals surface area contributed by atoms with Crippen LogP contribution in [0, 0.1) is 6.92 Å². The Morgan fingerprint density at radius 3 is 2.80 bits per heavy atom. The van der Waals surface area contributed by atoms with E-state index in [4.69, 9.17) is 0 Å². The van der Waals surface area contributed by atoms with Crippen LogP contribution in [0.3, 0.4) is 0 Å². The minimum atomic E-state index is 0.623. The molecule has 84 valence electrons. The zero-order valence-corrected chi connectivity index (χ0v) is 10.3. The predicted octanol–water partition coefficient (Wildman–Crippen LogP) is 2.35. The molecule has 0 amide bonds. The summed E-state index contributed by atoms with van der Waals surface area (Å²) in [6.45, 7) is 7.90. The molecule has 1 aliphatic heterocycles. The number of thiazole rings is 1. The summed E-state index contributed by atoms with van der Waals surface area (Å²) in [4.78, 5) is 6.94. The molecule has 1 aliphatic rings. The molecule has 0 spiro atoms. The molecule has 1 aromatic heterocycles. The van der Waals surface area contributed by atoms with Crippen molar-refractivity contribution in [3.63, 3.8) is 0 Å². The highest BCUT2D eigenvalue weighted by molar-refractivity contribution is 7.13. The lowest BCUT2D eigenvalue weighted by molar-refractivity contribution is 0.229. The van der Waals surface area contributed by atoms with E-state index in [-0.39, 0.29) is 0 Å². The van der Waals surface area contributed by atoms with Crippen molar-refractivity contribution in [2.24, 2.45) is 0 Å². The zero-order valence-electron chi connectivity index (χ0n) is 9.49. The molecule has 2 rings (SSSR count). The van der Waals surface area contributed by atoms with Crippen LogP contribution in [0.2, 0.25) is 0 Å². The van der Waals surface area contributed by atoms with Gasteiger partial charge in [0.25, 0.3) is 0 Å². The summed E-state index contributed by atoms with van der Waals surface area (Å²) < 4.78 is 0. The Labute approximate surface area is 95.5 Å². The monoisotopic (exact) mass is 225 g/mol. The van der Waals surface area contributed by atoms with E-state index in [1.165, 1.54) is 32.5 Å². The van der Waals surface area contributed by atoms with Crippen molar-refractivity contribution in [1.29, 1.82) is 0 Å². The van der Waals surface area contributed by atoms with E-state index in [0.717, 1.165) is 10.8 Å². The van der Waals surface area contributed by atoms with E-state index < -0.39 is 0 Å². The van der Waals surface area contributed by atoms with Gasteiger partial charge in [-0.3, -0.25) is 0 Å². The van der Waals surface area contributed by atoms with Crippen LogP contribution in [0.15, 0.2) is 5.38 Å². The van der Waals surface area contributed by atoms with Crippen LogP contribution in [0.4, 0.5) is 5.13 Å². The molecule has 0 radical (unpaired) electrons. The molecule has 1 N–H and O–H groups in total. The van der Waals surface area contributed by atoms with Gasteiger partial charge in [-0.1, -0.05) is 6.92 Å². The summed E-state index contributed by atoms with van der Waals surface area (Å²) in [6, 6.07) is 0.623. The Kier molecular flexibility index (Phi) is 3.59. The number of anilines is 1. The highest BCUT2D eigenvalue weighted by Gasteiger charge is 2.18. The number of aromatic nitrogens is 1. The zero-order chi connectivity index (χ0) is 10.7. The first-order chi connectivity index (χ1) is 7.28. The van der Waals surface area contributed by atoms with Crippen molar-refractivity contribution in [2.45, 2.75) is 32.7 Å². The summed E-state index contributed by atoms with van der Waals surface area (Å²) in [5.41, 5.74) is 1.12. The second-order valence-corrected chi connectivity index (χ2v) is 5.01. The van der Waals surface area contributed by atoms with Gasteiger partial charge in [0.05, 0.1) is 5.69 Å². The van der Waals surface area contributed by atoms with Gasteiger partial charge in [0.15, 0.2) is 5.13 Å². The second kappa shape index (κ2) is 4.94. The minimum Gasteiger partial charge on any atom is -0.359 e.